The third-order valence-corrected chi connectivity index (χ3v) is 6.35. The SMILES string of the molecule is CCCCCCCCCCCCCCC1=NN(C(=O)c2ccc(Cl)cc2)[C@@](O)(C(F)(F)F)C1. The molecular formula is C25H36ClF3N2O2. The molecule has 0 unspecified atom stereocenters. The van der Waals surface area contributed by atoms with E-state index >= 15 is 0 Å². The van der Waals surface area contributed by atoms with E-state index < -0.39 is 24.2 Å². The first-order valence-electron chi connectivity index (χ1n) is 12.1. The zero-order valence-electron chi connectivity index (χ0n) is 19.5. The van der Waals surface area contributed by atoms with E-state index in [2.05, 4.69) is 12.0 Å². The van der Waals surface area contributed by atoms with Gasteiger partial charge in [0.05, 0.1) is 0 Å². The second-order valence-electron chi connectivity index (χ2n) is 8.92. The Morgan fingerprint density at radius 2 is 1.45 bits per heavy atom. The van der Waals surface area contributed by atoms with Crippen molar-refractivity contribution < 1.29 is 23.1 Å². The average Bonchev–Trinajstić information content (AvgIpc) is 3.12. The van der Waals surface area contributed by atoms with E-state index in [0.717, 1.165) is 19.3 Å². The molecular weight excluding hydrogens is 453 g/mol. The summed E-state index contributed by atoms with van der Waals surface area (Å²) in [5.41, 5.74) is -3.14. The Balaban J connectivity index is 1.78. The Bertz CT molecular complexity index is 768. The number of aliphatic hydroxyl groups is 1. The largest absolute Gasteiger partial charge is 0.438 e. The second kappa shape index (κ2) is 13.3. The van der Waals surface area contributed by atoms with Crippen LogP contribution in [0.25, 0.3) is 0 Å². The van der Waals surface area contributed by atoms with E-state index in [0.29, 0.717) is 17.9 Å². The summed E-state index contributed by atoms with van der Waals surface area (Å²) < 4.78 is 40.9. The first-order valence-corrected chi connectivity index (χ1v) is 12.5. The summed E-state index contributed by atoms with van der Waals surface area (Å²) in [6.45, 7) is 2.22. The molecule has 1 amide bonds. The molecule has 1 atom stereocenters. The van der Waals surface area contributed by atoms with Crippen LogP contribution in [0.3, 0.4) is 0 Å². The van der Waals surface area contributed by atoms with Crippen LogP contribution in [-0.4, -0.2) is 33.6 Å². The molecule has 0 aliphatic carbocycles. The van der Waals surface area contributed by atoms with Crippen molar-refractivity contribution >= 4 is 23.2 Å². The highest BCUT2D eigenvalue weighted by molar-refractivity contribution is 6.30. The highest BCUT2D eigenvalue weighted by Gasteiger charge is 2.63. The summed E-state index contributed by atoms with van der Waals surface area (Å²) in [6.07, 6.45) is 8.55. The lowest BCUT2D eigenvalue weighted by Gasteiger charge is -2.32. The highest BCUT2D eigenvalue weighted by atomic mass is 35.5. The number of carbonyl (C=O) groups is 1. The molecule has 0 aromatic heterocycles. The van der Waals surface area contributed by atoms with Gasteiger partial charge in [0, 0.05) is 22.7 Å². The smallest absolute Gasteiger partial charge is 0.362 e. The number of halogens is 4. The van der Waals surface area contributed by atoms with Gasteiger partial charge in [-0.15, -0.1) is 0 Å². The third kappa shape index (κ3) is 8.29. The summed E-state index contributed by atoms with van der Waals surface area (Å²) >= 11 is 5.79. The maximum Gasteiger partial charge on any atom is 0.438 e. The van der Waals surface area contributed by atoms with Gasteiger partial charge in [0.2, 0.25) is 0 Å². The molecule has 0 saturated carbocycles. The van der Waals surface area contributed by atoms with Crippen molar-refractivity contribution in [2.75, 3.05) is 0 Å². The van der Waals surface area contributed by atoms with Crippen molar-refractivity contribution in [3.63, 3.8) is 0 Å². The summed E-state index contributed by atoms with van der Waals surface area (Å²) in [4.78, 5) is 12.7. The van der Waals surface area contributed by atoms with Crippen LogP contribution in [0.5, 0.6) is 0 Å². The monoisotopic (exact) mass is 488 g/mol. The molecule has 33 heavy (non-hydrogen) atoms. The third-order valence-electron chi connectivity index (χ3n) is 6.10. The molecule has 0 saturated heterocycles. The van der Waals surface area contributed by atoms with Gasteiger partial charge in [-0.25, -0.2) is 0 Å². The molecule has 1 aromatic carbocycles. The van der Waals surface area contributed by atoms with Crippen molar-refractivity contribution in [2.45, 2.75) is 109 Å². The first-order chi connectivity index (χ1) is 15.7. The number of alkyl halides is 3. The molecule has 1 aromatic rings. The van der Waals surface area contributed by atoms with Crippen LogP contribution < -0.4 is 0 Å². The molecule has 8 heteroatoms. The number of hydrazone groups is 1. The van der Waals surface area contributed by atoms with Gasteiger partial charge < -0.3 is 5.11 Å². The fraction of sp³-hybridized carbons (Fsp3) is 0.680. The van der Waals surface area contributed by atoms with Crippen molar-refractivity contribution in [2.24, 2.45) is 5.10 Å². The topological polar surface area (TPSA) is 52.9 Å². The quantitative estimate of drug-likeness (QED) is 0.271. The van der Waals surface area contributed by atoms with Gasteiger partial charge in [0.1, 0.15) is 0 Å². The van der Waals surface area contributed by atoms with Gasteiger partial charge in [-0.05, 0) is 37.1 Å². The predicted molar refractivity (Wildman–Crippen MR) is 126 cm³/mol. The van der Waals surface area contributed by atoms with Crippen molar-refractivity contribution in [1.29, 1.82) is 0 Å². The number of rotatable bonds is 14. The zero-order chi connectivity index (χ0) is 24.3. The Labute approximate surface area is 200 Å². The highest BCUT2D eigenvalue weighted by Crippen LogP contribution is 2.41. The van der Waals surface area contributed by atoms with E-state index in [1.807, 2.05) is 0 Å². The molecule has 4 nitrogen and oxygen atoms in total. The normalized spacial score (nSPS) is 18.6. The molecule has 186 valence electrons. The molecule has 1 heterocycles. The standard InChI is InChI=1S/C25H36ClF3N2O2/c1-2-3-4-5-6-7-8-9-10-11-12-13-14-22-19-24(33,25(27,28)29)31(30-22)23(32)20-15-17-21(26)18-16-20/h15-18,33H,2-14,19H2,1H3/t24-/m0/s1. The molecule has 1 aliphatic rings. The minimum atomic E-state index is -5.02. The number of benzene rings is 1. The lowest BCUT2D eigenvalue weighted by atomic mass is 10.0. The maximum atomic E-state index is 13.6. The van der Waals surface area contributed by atoms with Gasteiger partial charge in [-0.2, -0.15) is 23.3 Å². The summed E-state index contributed by atoms with van der Waals surface area (Å²) in [5, 5.41) is 14.8. The number of hydrogen-bond acceptors (Lipinski definition) is 3. The van der Waals surface area contributed by atoms with E-state index in [-0.39, 0.29) is 16.3 Å². The number of amides is 1. The van der Waals surface area contributed by atoms with E-state index in [9.17, 15) is 23.1 Å². The summed E-state index contributed by atoms with van der Waals surface area (Å²) in [7, 11) is 0. The molecule has 0 fully saturated rings. The molecule has 0 radical (unpaired) electrons. The molecule has 0 spiro atoms. The summed E-state index contributed by atoms with van der Waals surface area (Å²) in [5.74, 6) is -1.00. The second-order valence-corrected chi connectivity index (χ2v) is 9.36. The number of carbonyl (C=O) groups excluding carboxylic acids is 1. The minimum Gasteiger partial charge on any atom is -0.362 e. The van der Waals surface area contributed by atoms with Crippen LogP contribution in [0.1, 0.15) is 107 Å². The minimum absolute atomic E-state index is 0.0163. The average molecular weight is 489 g/mol. The van der Waals surface area contributed by atoms with Gasteiger partial charge >= 0.3 is 6.18 Å². The Morgan fingerprint density at radius 3 is 1.94 bits per heavy atom. The van der Waals surface area contributed by atoms with Gasteiger partial charge in [-0.3, -0.25) is 4.79 Å². The van der Waals surface area contributed by atoms with Gasteiger partial charge in [0.15, 0.2) is 0 Å². The zero-order valence-corrected chi connectivity index (χ0v) is 20.2. The Hall–Kier alpha value is -1.60. The van der Waals surface area contributed by atoms with Crippen molar-refractivity contribution in [3.8, 4) is 0 Å². The lowest BCUT2D eigenvalue weighted by Crippen LogP contribution is -2.56. The Kier molecular flexibility index (Phi) is 11.2. The fourth-order valence-corrected chi connectivity index (χ4v) is 4.20. The molecule has 0 bridgehead atoms. The first kappa shape index (κ1) is 27.6. The van der Waals surface area contributed by atoms with E-state index in [1.165, 1.54) is 75.6 Å². The number of nitrogens with zero attached hydrogens (tertiary/aromatic N) is 2. The predicted octanol–water partition coefficient (Wildman–Crippen LogP) is 7.88. The fourth-order valence-electron chi connectivity index (χ4n) is 4.08. The number of unbranched alkanes of at least 4 members (excludes halogenated alkanes) is 11. The Morgan fingerprint density at radius 1 is 0.970 bits per heavy atom. The van der Waals surface area contributed by atoms with Crippen molar-refractivity contribution in [1.82, 2.24) is 5.01 Å². The number of hydrogen-bond donors (Lipinski definition) is 1. The molecule has 1 aliphatic heterocycles. The lowest BCUT2D eigenvalue weighted by molar-refractivity contribution is -0.297. The van der Waals surface area contributed by atoms with Crippen LogP contribution in [0.4, 0.5) is 13.2 Å². The van der Waals surface area contributed by atoms with Crippen LogP contribution in [0.2, 0.25) is 5.02 Å². The van der Waals surface area contributed by atoms with Crippen LogP contribution >= 0.6 is 11.6 Å². The van der Waals surface area contributed by atoms with E-state index in [1.54, 1.807) is 0 Å². The van der Waals surface area contributed by atoms with Gasteiger partial charge in [-0.1, -0.05) is 89.2 Å². The van der Waals surface area contributed by atoms with E-state index in [4.69, 9.17) is 11.6 Å². The molecule has 2 rings (SSSR count). The van der Waals surface area contributed by atoms with Crippen LogP contribution in [0, 0.1) is 0 Å². The summed E-state index contributed by atoms with van der Waals surface area (Å²) in [6, 6.07) is 5.46. The molecule has 1 N–H and O–H groups in total. The maximum absolute atomic E-state index is 13.6. The van der Waals surface area contributed by atoms with Crippen molar-refractivity contribution in [3.05, 3.63) is 34.9 Å². The van der Waals surface area contributed by atoms with Gasteiger partial charge in [0.25, 0.3) is 11.6 Å². The van der Waals surface area contributed by atoms with Crippen LogP contribution in [-0.2, 0) is 0 Å². The van der Waals surface area contributed by atoms with Crippen LogP contribution in [0.15, 0.2) is 29.4 Å².